The van der Waals surface area contributed by atoms with Crippen molar-refractivity contribution in [3.8, 4) is 11.5 Å². The molecule has 0 saturated heterocycles. The molecule has 0 radical (unpaired) electrons. The molecule has 0 amide bonds. The molecule has 0 aliphatic carbocycles. The molecule has 4 heteroatoms. The zero-order chi connectivity index (χ0) is 19.1. The zero-order valence-electron chi connectivity index (χ0n) is 16.4. The van der Waals surface area contributed by atoms with Gasteiger partial charge in [-0.1, -0.05) is 38.8 Å². The number of nitrogens with two attached hydrogens (primary N) is 2. The fourth-order valence-corrected chi connectivity index (χ4v) is 3.55. The van der Waals surface area contributed by atoms with Gasteiger partial charge in [0.15, 0.2) is 0 Å². The summed E-state index contributed by atoms with van der Waals surface area (Å²) in [5.41, 5.74) is 15.9. The van der Waals surface area contributed by atoms with Crippen LogP contribution < -0.4 is 20.9 Å². The number of rotatable bonds is 9. The standard InChI is InChI=1S/C22H32N2O2/c1-5-15(6-2)22(16-9-11-18(23)20(13-16)25-7-3)17-10-12-19(24)21(14-17)26-8-4/h9-15,22H,5-8,23-24H2,1-4H3. The molecule has 0 unspecified atom stereocenters. The third kappa shape index (κ3) is 4.43. The van der Waals surface area contributed by atoms with Gasteiger partial charge in [0.1, 0.15) is 11.5 Å². The lowest BCUT2D eigenvalue weighted by Gasteiger charge is -2.27. The van der Waals surface area contributed by atoms with E-state index in [4.69, 9.17) is 20.9 Å². The molecule has 142 valence electrons. The fraction of sp³-hybridized carbons (Fsp3) is 0.455. The minimum atomic E-state index is 0.240. The highest BCUT2D eigenvalue weighted by molar-refractivity contribution is 5.58. The summed E-state index contributed by atoms with van der Waals surface area (Å²) >= 11 is 0. The first-order valence-electron chi connectivity index (χ1n) is 9.59. The van der Waals surface area contributed by atoms with Crippen LogP contribution in [0.1, 0.15) is 57.6 Å². The van der Waals surface area contributed by atoms with E-state index in [0.29, 0.717) is 30.5 Å². The summed E-state index contributed by atoms with van der Waals surface area (Å²) < 4.78 is 11.4. The molecule has 0 aliphatic rings. The van der Waals surface area contributed by atoms with Crippen molar-refractivity contribution in [2.24, 2.45) is 5.92 Å². The summed E-state index contributed by atoms with van der Waals surface area (Å²) in [6.45, 7) is 9.61. The van der Waals surface area contributed by atoms with Gasteiger partial charge in [0.2, 0.25) is 0 Å². The molecule has 26 heavy (non-hydrogen) atoms. The molecule has 0 saturated carbocycles. The van der Waals surface area contributed by atoms with E-state index in [1.807, 2.05) is 26.0 Å². The normalized spacial score (nSPS) is 11.2. The second-order valence-electron chi connectivity index (χ2n) is 6.51. The van der Waals surface area contributed by atoms with Crippen LogP contribution in [0, 0.1) is 5.92 Å². The van der Waals surface area contributed by atoms with E-state index in [9.17, 15) is 0 Å². The van der Waals surface area contributed by atoms with Crippen molar-refractivity contribution in [3.05, 3.63) is 47.5 Å². The molecule has 2 aromatic carbocycles. The molecule has 0 fully saturated rings. The summed E-state index contributed by atoms with van der Waals surface area (Å²) in [7, 11) is 0. The van der Waals surface area contributed by atoms with Crippen LogP contribution in [0.4, 0.5) is 11.4 Å². The maximum Gasteiger partial charge on any atom is 0.142 e. The molecule has 0 aromatic heterocycles. The van der Waals surface area contributed by atoms with E-state index in [0.717, 1.165) is 24.3 Å². The number of hydrogen-bond acceptors (Lipinski definition) is 4. The summed E-state index contributed by atoms with van der Waals surface area (Å²) in [6, 6.07) is 12.3. The van der Waals surface area contributed by atoms with Gasteiger partial charge in [-0.15, -0.1) is 0 Å². The molecular formula is C22H32N2O2. The molecule has 4 N–H and O–H groups in total. The third-order valence-electron chi connectivity index (χ3n) is 4.91. The second kappa shape index (κ2) is 9.37. The van der Waals surface area contributed by atoms with Gasteiger partial charge >= 0.3 is 0 Å². The third-order valence-corrected chi connectivity index (χ3v) is 4.91. The van der Waals surface area contributed by atoms with Crippen molar-refractivity contribution in [2.45, 2.75) is 46.5 Å². The summed E-state index contributed by atoms with van der Waals surface area (Å²) in [5, 5.41) is 0. The van der Waals surface area contributed by atoms with Crippen LogP contribution in [0.2, 0.25) is 0 Å². The largest absolute Gasteiger partial charge is 0.492 e. The first kappa shape index (κ1) is 20.0. The van der Waals surface area contributed by atoms with Gasteiger partial charge in [-0.25, -0.2) is 0 Å². The number of ether oxygens (including phenoxy) is 2. The van der Waals surface area contributed by atoms with Crippen molar-refractivity contribution >= 4 is 11.4 Å². The number of benzene rings is 2. The van der Waals surface area contributed by atoms with E-state index < -0.39 is 0 Å². The smallest absolute Gasteiger partial charge is 0.142 e. The summed E-state index contributed by atoms with van der Waals surface area (Å²) in [4.78, 5) is 0. The van der Waals surface area contributed by atoms with Crippen LogP contribution in [-0.4, -0.2) is 13.2 Å². The van der Waals surface area contributed by atoms with Gasteiger partial charge in [0.25, 0.3) is 0 Å². The number of nitrogen functional groups attached to an aromatic ring is 2. The SMILES string of the molecule is CCOc1cc(C(c2ccc(N)c(OCC)c2)C(CC)CC)ccc1N. The number of anilines is 2. The average molecular weight is 357 g/mol. The maximum absolute atomic E-state index is 6.08. The lowest BCUT2D eigenvalue weighted by molar-refractivity contribution is 0.339. The van der Waals surface area contributed by atoms with Gasteiger partial charge in [0.05, 0.1) is 24.6 Å². The molecule has 0 spiro atoms. The zero-order valence-corrected chi connectivity index (χ0v) is 16.4. The molecular weight excluding hydrogens is 324 g/mol. The van der Waals surface area contributed by atoms with Gasteiger partial charge < -0.3 is 20.9 Å². The van der Waals surface area contributed by atoms with Gasteiger partial charge in [-0.05, 0) is 55.2 Å². The van der Waals surface area contributed by atoms with Gasteiger partial charge in [-0.2, -0.15) is 0 Å². The lowest BCUT2D eigenvalue weighted by Crippen LogP contribution is -2.14. The van der Waals surface area contributed by atoms with Crippen molar-refractivity contribution in [1.29, 1.82) is 0 Å². The Labute approximate surface area is 157 Å². The molecule has 0 heterocycles. The summed E-state index contributed by atoms with van der Waals surface area (Å²) in [5.74, 6) is 2.25. The molecule has 4 nitrogen and oxygen atoms in total. The average Bonchev–Trinajstić information content (AvgIpc) is 2.64. The van der Waals surface area contributed by atoms with Crippen LogP contribution in [0.15, 0.2) is 36.4 Å². The molecule has 2 rings (SSSR count). The topological polar surface area (TPSA) is 70.5 Å². The maximum atomic E-state index is 6.08. The van der Waals surface area contributed by atoms with Crippen LogP contribution in [-0.2, 0) is 0 Å². The minimum Gasteiger partial charge on any atom is -0.492 e. The Morgan fingerprint density at radius 3 is 1.50 bits per heavy atom. The molecule has 0 bridgehead atoms. The highest BCUT2D eigenvalue weighted by Crippen LogP contribution is 2.40. The second-order valence-corrected chi connectivity index (χ2v) is 6.51. The molecule has 2 aromatic rings. The van der Waals surface area contributed by atoms with E-state index in [2.05, 4.69) is 38.1 Å². The van der Waals surface area contributed by atoms with Crippen molar-refractivity contribution < 1.29 is 9.47 Å². The highest BCUT2D eigenvalue weighted by atomic mass is 16.5. The monoisotopic (exact) mass is 356 g/mol. The van der Waals surface area contributed by atoms with E-state index in [-0.39, 0.29) is 5.92 Å². The Morgan fingerprint density at radius 1 is 0.731 bits per heavy atom. The lowest BCUT2D eigenvalue weighted by atomic mass is 9.78. The molecule has 0 aliphatic heterocycles. The fourth-order valence-electron chi connectivity index (χ4n) is 3.55. The predicted molar refractivity (Wildman–Crippen MR) is 110 cm³/mol. The van der Waals surface area contributed by atoms with Crippen LogP contribution in [0.3, 0.4) is 0 Å². The predicted octanol–water partition coefficient (Wildman–Crippen LogP) is 5.22. The van der Waals surface area contributed by atoms with Crippen LogP contribution >= 0.6 is 0 Å². The van der Waals surface area contributed by atoms with Crippen molar-refractivity contribution in [1.82, 2.24) is 0 Å². The van der Waals surface area contributed by atoms with E-state index in [1.165, 1.54) is 11.1 Å². The van der Waals surface area contributed by atoms with Crippen molar-refractivity contribution in [2.75, 3.05) is 24.7 Å². The Morgan fingerprint density at radius 2 is 1.15 bits per heavy atom. The van der Waals surface area contributed by atoms with Crippen LogP contribution in [0.25, 0.3) is 0 Å². The number of hydrogen-bond donors (Lipinski definition) is 2. The minimum absolute atomic E-state index is 0.240. The summed E-state index contributed by atoms with van der Waals surface area (Å²) in [6.07, 6.45) is 2.17. The first-order valence-corrected chi connectivity index (χ1v) is 9.59. The van der Waals surface area contributed by atoms with Crippen molar-refractivity contribution in [3.63, 3.8) is 0 Å². The Bertz CT molecular complexity index is 656. The van der Waals surface area contributed by atoms with E-state index >= 15 is 0 Å². The Hall–Kier alpha value is -2.36. The Kier molecular flexibility index (Phi) is 7.19. The Balaban J connectivity index is 2.54. The van der Waals surface area contributed by atoms with Crippen LogP contribution in [0.5, 0.6) is 11.5 Å². The quantitative estimate of drug-likeness (QED) is 0.605. The van der Waals surface area contributed by atoms with E-state index in [1.54, 1.807) is 0 Å². The van der Waals surface area contributed by atoms with Gasteiger partial charge in [-0.3, -0.25) is 0 Å². The molecule has 0 atom stereocenters. The first-order chi connectivity index (χ1) is 12.5. The van der Waals surface area contributed by atoms with Gasteiger partial charge in [0, 0.05) is 5.92 Å². The highest BCUT2D eigenvalue weighted by Gasteiger charge is 2.24.